The lowest BCUT2D eigenvalue weighted by Gasteiger charge is -2.39. The van der Waals surface area contributed by atoms with Crippen LogP contribution in [0.5, 0.6) is 0 Å². The second-order valence-corrected chi connectivity index (χ2v) is 13.6. The van der Waals surface area contributed by atoms with Crippen molar-refractivity contribution in [3.8, 4) is 0 Å². The summed E-state index contributed by atoms with van der Waals surface area (Å²) in [7, 11) is -1.96. The number of non-ortho nitro benzene ring substituents is 1. The maximum atomic E-state index is 13.2. The number of ether oxygens (including phenoxy) is 1. The summed E-state index contributed by atoms with van der Waals surface area (Å²) in [5.74, 6) is -0.424. The van der Waals surface area contributed by atoms with E-state index >= 15 is 0 Å². The minimum absolute atomic E-state index is 0. The SMILES string of the molecule is C=CC(NC1CCN(CCC(CN(C)S(=O)(=O)c2ccccc2)c2ccccc2)C(C)C1)C(=O)OCc1ccc([N+](=O)[O-])cc1.Cl. The molecule has 1 saturated heterocycles. The molecule has 0 saturated carbocycles. The molecule has 1 aliphatic rings. The molecule has 4 unspecified atom stereocenters. The number of nitro groups is 1. The molecule has 1 heterocycles. The van der Waals surface area contributed by atoms with Gasteiger partial charge in [-0.1, -0.05) is 54.6 Å². The Balaban J connectivity index is 0.00000576. The molecule has 4 atom stereocenters. The maximum Gasteiger partial charge on any atom is 0.327 e. The van der Waals surface area contributed by atoms with E-state index in [1.165, 1.54) is 16.4 Å². The van der Waals surface area contributed by atoms with Crippen LogP contribution < -0.4 is 5.32 Å². The fourth-order valence-corrected chi connectivity index (χ4v) is 6.98. The van der Waals surface area contributed by atoms with Crippen LogP contribution in [0.25, 0.3) is 0 Å². The monoisotopic (exact) mass is 670 g/mol. The van der Waals surface area contributed by atoms with Gasteiger partial charge in [0.15, 0.2) is 0 Å². The number of likely N-dealkylation sites (tertiary alicyclic amines) is 1. The first-order valence-corrected chi connectivity index (χ1v) is 16.6. The summed E-state index contributed by atoms with van der Waals surface area (Å²) in [4.78, 5) is 25.9. The molecule has 0 amide bonds. The van der Waals surface area contributed by atoms with Crippen LogP contribution >= 0.6 is 12.4 Å². The first kappa shape index (κ1) is 36.9. The van der Waals surface area contributed by atoms with E-state index < -0.39 is 27.0 Å². The molecule has 12 heteroatoms. The first-order valence-electron chi connectivity index (χ1n) is 15.2. The molecule has 3 aromatic rings. The lowest BCUT2D eigenvalue weighted by Crippen LogP contribution is -2.51. The Morgan fingerprint density at radius 2 is 1.74 bits per heavy atom. The molecule has 0 spiro atoms. The molecule has 0 radical (unpaired) electrons. The number of sulfonamides is 1. The molecule has 46 heavy (non-hydrogen) atoms. The van der Waals surface area contributed by atoms with Crippen molar-refractivity contribution in [1.29, 1.82) is 0 Å². The van der Waals surface area contributed by atoms with Gasteiger partial charge in [-0.25, -0.2) is 17.5 Å². The minimum Gasteiger partial charge on any atom is -0.459 e. The lowest BCUT2D eigenvalue weighted by atomic mass is 9.93. The van der Waals surface area contributed by atoms with E-state index in [-0.39, 0.29) is 47.6 Å². The topological polar surface area (TPSA) is 122 Å². The fraction of sp³-hybridized carbons (Fsp3) is 0.382. The molecule has 0 bridgehead atoms. The average molecular weight is 671 g/mol. The Labute approximate surface area is 278 Å². The van der Waals surface area contributed by atoms with Gasteiger partial charge in [0.2, 0.25) is 10.0 Å². The van der Waals surface area contributed by atoms with Crippen LogP contribution in [0.1, 0.15) is 43.2 Å². The Morgan fingerprint density at radius 3 is 2.33 bits per heavy atom. The summed E-state index contributed by atoms with van der Waals surface area (Å²) >= 11 is 0. The van der Waals surface area contributed by atoms with Crippen molar-refractivity contribution in [2.45, 2.75) is 61.7 Å². The fourth-order valence-electron chi connectivity index (χ4n) is 5.74. The molecule has 0 aromatic heterocycles. The molecule has 3 aromatic carbocycles. The number of rotatable bonds is 15. The highest BCUT2D eigenvalue weighted by molar-refractivity contribution is 7.89. The molecule has 1 fully saturated rings. The normalized spacial score (nSPS) is 18.2. The predicted molar refractivity (Wildman–Crippen MR) is 181 cm³/mol. The predicted octanol–water partition coefficient (Wildman–Crippen LogP) is 5.55. The Morgan fingerprint density at radius 1 is 1.11 bits per heavy atom. The number of carbonyl (C=O) groups excluding carboxylic acids is 1. The van der Waals surface area contributed by atoms with Gasteiger partial charge in [-0.3, -0.25) is 15.4 Å². The zero-order valence-corrected chi connectivity index (χ0v) is 27.9. The highest BCUT2D eigenvalue weighted by atomic mass is 35.5. The molecular weight excluding hydrogens is 628 g/mol. The lowest BCUT2D eigenvalue weighted by molar-refractivity contribution is -0.384. The van der Waals surface area contributed by atoms with E-state index in [2.05, 4.69) is 35.9 Å². The van der Waals surface area contributed by atoms with E-state index in [1.54, 1.807) is 55.6 Å². The smallest absolute Gasteiger partial charge is 0.327 e. The van der Waals surface area contributed by atoms with E-state index in [1.807, 2.05) is 18.2 Å². The van der Waals surface area contributed by atoms with Crippen molar-refractivity contribution in [3.05, 3.63) is 119 Å². The second kappa shape index (κ2) is 17.3. The van der Waals surface area contributed by atoms with E-state index in [4.69, 9.17) is 4.74 Å². The molecule has 1 aliphatic heterocycles. The number of carbonyl (C=O) groups is 1. The van der Waals surface area contributed by atoms with Crippen LogP contribution in [0.2, 0.25) is 0 Å². The largest absolute Gasteiger partial charge is 0.459 e. The Bertz CT molecular complexity index is 1530. The highest BCUT2D eigenvalue weighted by Gasteiger charge is 2.30. The van der Waals surface area contributed by atoms with Gasteiger partial charge in [0.25, 0.3) is 5.69 Å². The zero-order valence-electron chi connectivity index (χ0n) is 26.2. The van der Waals surface area contributed by atoms with Gasteiger partial charge in [-0.2, -0.15) is 0 Å². The number of piperidine rings is 1. The van der Waals surface area contributed by atoms with Crippen molar-refractivity contribution >= 4 is 34.1 Å². The molecule has 10 nitrogen and oxygen atoms in total. The quantitative estimate of drug-likeness (QED) is 0.0967. The van der Waals surface area contributed by atoms with Gasteiger partial charge in [0.05, 0.1) is 9.82 Å². The highest BCUT2D eigenvalue weighted by Crippen LogP contribution is 2.26. The number of likely N-dealkylation sites (N-methyl/N-ethyl adjacent to an activating group) is 1. The molecule has 4 rings (SSSR count). The van der Waals surface area contributed by atoms with Gasteiger partial charge in [0, 0.05) is 37.8 Å². The van der Waals surface area contributed by atoms with Crippen molar-refractivity contribution in [2.75, 3.05) is 26.7 Å². The first-order chi connectivity index (χ1) is 21.6. The van der Waals surface area contributed by atoms with Crippen LogP contribution in [-0.2, 0) is 26.2 Å². The van der Waals surface area contributed by atoms with Crippen LogP contribution in [0.4, 0.5) is 5.69 Å². The summed E-state index contributed by atoms with van der Waals surface area (Å²) in [5, 5.41) is 14.2. The summed E-state index contributed by atoms with van der Waals surface area (Å²) in [6.07, 6.45) is 4.01. The van der Waals surface area contributed by atoms with E-state index in [9.17, 15) is 23.3 Å². The number of esters is 1. The molecule has 1 N–H and O–H groups in total. The van der Waals surface area contributed by atoms with Crippen molar-refractivity contribution < 1.29 is 22.9 Å². The Kier molecular flexibility index (Phi) is 13.9. The number of benzene rings is 3. The van der Waals surface area contributed by atoms with Gasteiger partial charge in [0.1, 0.15) is 12.6 Å². The van der Waals surface area contributed by atoms with Crippen molar-refractivity contribution in [3.63, 3.8) is 0 Å². The third-order valence-electron chi connectivity index (χ3n) is 8.41. The summed E-state index contributed by atoms with van der Waals surface area (Å²) < 4.78 is 33.4. The van der Waals surface area contributed by atoms with Crippen molar-refractivity contribution in [2.24, 2.45) is 0 Å². The van der Waals surface area contributed by atoms with Crippen LogP contribution in [0, 0.1) is 10.1 Å². The third kappa shape index (κ3) is 9.94. The minimum atomic E-state index is -3.61. The molecular formula is C34H43ClN4O6S. The zero-order chi connectivity index (χ0) is 32.4. The number of nitrogens with one attached hydrogen (secondary N) is 1. The number of hydrogen-bond donors (Lipinski definition) is 1. The van der Waals surface area contributed by atoms with E-state index in [0.29, 0.717) is 12.1 Å². The average Bonchev–Trinajstić information content (AvgIpc) is 3.05. The Hall–Kier alpha value is -3.61. The maximum absolute atomic E-state index is 13.2. The third-order valence-corrected chi connectivity index (χ3v) is 10.2. The summed E-state index contributed by atoms with van der Waals surface area (Å²) in [6, 6.07) is 24.2. The number of halogens is 1. The van der Waals surface area contributed by atoms with E-state index in [0.717, 1.165) is 37.9 Å². The number of nitro benzene ring substituents is 1. The van der Waals surface area contributed by atoms with Gasteiger partial charge < -0.3 is 9.64 Å². The molecule has 248 valence electrons. The van der Waals surface area contributed by atoms with Crippen LogP contribution in [0.15, 0.2) is 102 Å². The number of nitrogens with zero attached hydrogens (tertiary/aromatic N) is 3. The summed E-state index contributed by atoms with van der Waals surface area (Å²) in [5.41, 5.74) is 1.75. The standard InChI is InChI=1S/C34H42N4O6S.ClH/c1-4-33(34(39)44-25-27-15-17-31(18-16-27)38(40)41)35-30-20-22-37(26(2)23-30)21-19-29(28-11-7-5-8-12-28)24-36(3)45(42,43)32-13-9-6-10-14-32;/h4-18,26,29-30,33,35H,1,19-25H2,2-3H3;1H. The van der Waals surface area contributed by atoms with Gasteiger partial charge >= 0.3 is 5.97 Å². The van der Waals surface area contributed by atoms with Crippen LogP contribution in [0.3, 0.4) is 0 Å². The second-order valence-electron chi connectivity index (χ2n) is 11.5. The number of hydrogen-bond acceptors (Lipinski definition) is 8. The summed E-state index contributed by atoms with van der Waals surface area (Å²) in [6.45, 7) is 8.02. The van der Waals surface area contributed by atoms with Crippen molar-refractivity contribution in [1.82, 2.24) is 14.5 Å². The van der Waals surface area contributed by atoms with Gasteiger partial charge in [-0.05, 0) is 80.6 Å². The van der Waals surface area contributed by atoms with Crippen LogP contribution in [-0.4, -0.2) is 73.3 Å². The molecule has 0 aliphatic carbocycles. The van der Waals surface area contributed by atoms with Gasteiger partial charge in [-0.15, -0.1) is 19.0 Å².